The van der Waals surface area contributed by atoms with E-state index in [1.807, 2.05) is 19.1 Å². The first kappa shape index (κ1) is 16.9. The molecule has 1 fully saturated rings. The lowest BCUT2D eigenvalue weighted by atomic mass is 10.1. The molecule has 1 aliphatic rings. The third kappa shape index (κ3) is 3.76. The summed E-state index contributed by atoms with van der Waals surface area (Å²) in [6, 6.07) is 7.22. The van der Waals surface area contributed by atoms with Crippen molar-refractivity contribution in [2.45, 2.75) is 19.8 Å². The van der Waals surface area contributed by atoms with E-state index < -0.39 is 5.92 Å². The number of methoxy groups -OCH3 is 1. The molecular formula is C18H20N4O3. The summed E-state index contributed by atoms with van der Waals surface area (Å²) in [6.07, 6.45) is 4.09. The number of hydrogen-bond donors (Lipinski definition) is 1. The second-order valence-electron chi connectivity index (χ2n) is 5.83. The monoisotopic (exact) mass is 340 g/mol. The van der Waals surface area contributed by atoms with Crippen LogP contribution in [0, 0.1) is 5.92 Å². The largest absolute Gasteiger partial charge is 0.497 e. The van der Waals surface area contributed by atoms with Crippen LogP contribution in [0.1, 0.15) is 19.2 Å². The quantitative estimate of drug-likeness (QED) is 0.900. The second kappa shape index (κ2) is 7.29. The summed E-state index contributed by atoms with van der Waals surface area (Å²) in [5.41, 5.74) is 1.30. The molecule has 7 nitrogen and oxygen atoms in total. The molecule has 3 rings (SSSR count). The lowest BCUT2D eigenvalue weighted by Crippen LogP contribution is -2.28. The van der Waals surface area contributed by atoms with Gasteiger partial charge in [0.2, 0.25) is 11.8 Å². The fourth-order valence-corrected chi connectivity index (χ4v) is 2.74. The van der Waals surface area contributed by atoms with Crippen LogP contribution in [0.2, 0.25) is 0 Å². The highest BCUT2D eigenvalue weighted by Gasteiger charge is 2.35. The Kier molecular flexibility index (Phi) is 4.92. The molecule has 1 N–H and O–H groups in total. The Balaban J connectivity index is 1.65. The summed E-state index contributed by atoms with van der Waals surface area (Å²) < 4.78 is 5.12. The van der Waals surface area contributed by atoms with E-state index in [9.17, 15) is 9.59 Å². The van der Waals surface area contributed by atoms with Crippen LogP contribution in [0.15, 0.2) is 36.7 Å². The minimum absolute atomic E-state index is 0.0668. The number of aromatic nitrogens is 2. The van der Waals surface area contributed by atoms with Crippen LogP contribution >= 0.6 is 0 Å². The Bertz CT molecular complexity index is 759. The van der Waals surface area contributed by atoms with Crippen molar-refractivity contribution in [3.8, 4) is 5.75 Å². The number of ether oxygens (including phenoxy) is 1. The SMILES string of the molecule is CCc1ncc(NC(=O)[C@H]2CC(=O)N(c3ccc(OC)cc3)C2)cn1. The molecular weight excluding hydrogens is 320 g/mol. The molecule has 0 unspecified atom stereocenters. The van der Waals surface area contributed by atoms with Crippen LogP contribution in [-0.2, 0) is 16.0 Å². The molecule has 0 aliphatic carbocycles. The lowest BCUT2D eigenvalue weighted by Gasteiger charge is -2.17. The van der Waals surface area contributed by atoms with Crippen molar-refractivity contribution in [2.75, 3.05) is 23.9 Å². The average Bonchev–Trinajstić information content (AvgIpc) is 3.04. The predicted octanol–water partition coefficient (Wildman–Crippen LogP) is 2.04. The van der Waals surface area contributed by atoms with Crippen molar-refractivity contribution >= 4 is 23.2 Å². The van der Waals surface area contributed by atoms with Gasteiger partial charge in [-0.1, -0.05) is 6.92 Å². The number of carbonyl (C=O) groups excluding carboxylic acids is 2. The Hall–Kier alpha value is -2.96. The predicted molar refractivity (Wildman–Crippen MR) is 93.5 cm³/mol. The number of amides is 2. The molecule has 0 spiro atoms. The number of nitrogens with zero attached hydrogens (tertiary/aromatic N) is 3. The van der Waals surface area contributed by atoms with Gasteiger partial charge in [0, 0.05) is 25.1 Å². The standard InChI is InChI=1S/C18H20N4O3/c1-3-16-19-9-13(10-20-16)21-18(24)12-8-17(23)22(11-12)14-4-6-15(25-2)7-5-14/h4-7,9-10,12H,3,8,11H2,1-2H3,(H,21,24)/t12-/m0/s1. The van der Waals surface area contributed by atoms with E-state index in [2.05, 4.69) is 15.3 Å². The molecule has 1 aliphatic heterocycles. The van der Waals surface area contributed by atoms with E-state index in [-0.39, 0.29) is 18.2 Å². The molecule has 7 heteroatoms. The fraction of sp³-hybridized carbons (Fsp3) is 0.333. The number of nitrogens with one attached hydrogen (secondary N) is 1. The van der Waals surface area contributed by atoms with Gasteiger partial charge in [-0.25, -0.2) is 9.97 Å². The molecule has 0 radical (unpaired) electrons. The minimum Gasteiger partial charge on any atom is -0.497 e. The van der Waals surface area contributed by atoms with Crippen molar-refractivity contribution < 1.29 is 14.3 Å². The van der Waals surface area contributed by atoms with Crippen LogP contribution in [0.4, 0.5) is 11.4 Å². The maximum Gasteiger partial charge on any atom is 0.229 e. The van der Waals surface area contributed by atoms with Crippen LogP contribution in [0.25, 0.3) is 0 Å². The molecule has 1 aromatic heterocycles. The molecule has 0 bridgehead atoms. The Morgan fingerprint density at radius 1 is 1.28 bits per heavy atom. The Labute approximate surface area is 146 Å². The van der Waals surface area contributed by atoms with Gasteiger partial charge in [-0.3, -0.25) is 9.59 Å². The molecule has 2 heterocycles. The van der Waals surface area contributed by atoms with E-state index in [0.717, 1.165) is 23.7 Å². The van der Waals surface area contributed by atoms with Gasteiger partial charge in [-0.15, -0.1) is 0 Å². The first-order chi connectivity index (χ1) is 12.1. The number of anilines is 2. The summed E-state index contributed by atoms with van der Waals surface area (Å²) in [5, 5.41) is 2.78. The number of carbonyl (C=O) groups is 2. The van der Waals surface area contributed by atoms with Crippen molar-refractivity contribution in [1.29, 1.82) is 0 Å². The highest BCUT2D eigenvalue weighted by Crippen LogP contribution is 2.27. The van der Waals surface area contributed by atoms with Crippen molar-refractivity contribution in [2.24, 2.45) is 5.92 Å². The van der Waals surface area contributed by atoms with Crippen molar-refractivity contribution in [1.82, 2.24) is 9.97 Å². The maximum atomic E-state index is 12.4. The summed E-state index contributed by atoms with van der Waals surface area (Å²) in [4.78, 5) is 34.6. The van der Waals surface area contributed by atoms with Gasteiger partial charge in [0.15, 0.2) is 0 Å². The zero-order valence-corrected chi connectivity index (χ0v) is 14.2. The first-order valence-electron chi connectivity index (χ1n) is 8.17. The van der Waals surface area contributed by atoms with Gasteiger partial charge >= 0.3 is 0 Å². The minimum atomic E-state index is -0.402. The Morgan fingerprint density at radius 2 is 1.96 bits per heavy atom. The van der Waals surface area contributed by atoms with Crippen LogP contribution in [0.5, 0.6) is 5.75 Å². The van der Waals surface area contributed by atoms with E-state index >= 15 is 0 Å². The highest BCUT2D eigenvalue weighted by atomic mass is 16.5. The molecule has 1 atom stereocenters. The van der Waals surface area contributed by atoms with Crippen molar-refractivity contribution in [3.63, 3.8) is 0 Å². The third-order valence-corrected chi connectivity index (χ3v) is 4.17. The number of hydrogen-bond acceptors (Lipinski definition) is 5. The summed E-state index contributed by atoms with van der Waals surface area (Å²) in [6.45, 7) is 2.32. The molecule has 2 amide bonds. The topological polar surface area (TPSA) is 84.4 Å². The zero-order chi connectivity index (χ0) is 17.8. The number of rotatable bonds is 5. The molecule has 2 aromatic rings. The fourth-order valence-electron chi connectivity index (χ4n) is 2.74. The van der Waals surface area contributed by atoms with Gasteiger partial charge in [-0.2, -0.15) is 0 Å². The van der Waals surface area contributed by atoms with Crippen LogP contribution < -0.4 is 15.0 Å². The van der Waals surface area contributed by atoms with Crippen LogP contribution in [-0.4, -0.2) is 35.4 Å². The summed E-state index contributed by atoms with van der Waals surface area (Å²) in [5.74, 6) is 0.778. The van der Waals surface area contributed by atoms with E-state index in [0.29, 0.717) is 12.2 Å². The Morgan fingerprint density at radius 3 is 2.56 bits per heavy atom. The van der Waals surface area contributed by atoms with Crippen molar-refractivity contribution in [3.05, 3.63) is 42.5 Å². The van der Waals surface area contributed by atoms with E-state index in [4.69, 9.17) is 4.74 Å². The molecule has 1 aromatic carbocycles. The molecule has 25 heavy (non-hydrogen) atoms. The van der Waals surface area contributed by atoms with Gasteiger partial charge in [0.25, 0.3) is 0 Å². The summed E-state index contributed by atoms with van der Waals surface area (Å²) in [7, 11) is 1.59. The number of aryl methyl sites for hydroxylation is 1. The van der Waals surface area contributed by atoms with Gasteiger partial charge < -0.3 is 15.0 Å². The molecule has 1 saturated heterocycles. The lowest BCUT2D eigenvalue weighted by molar-refractivity contribution is -0.122. The smallest absolute Gasteiger partial charge is 0.229 e. The highest BCUT2D eigenvalue weighted by molar-refractivity contribution is 6.03. The van der Waals surface area contributed by atoms with E-state index in [1.54, 1.807) is 36.5 Å². The maximum absolute atomic E-state index is 12.4. The van der Waals surface area contributed by atoms with Gasteiger partial charge in [0.1, 0.15) is 11.6 Å². The average molecular weight is 340 g/mol. The second-order valence-corrected chi connectivity index (χ2v) is 5.83. The van der Waals surface area contributed by atoms with Gasteiger partial charge in [-0.05, 0) is 24.3 Å². The normalized spacial score (nSPS) is 16.8. The molecule has 0 saturated carbocycles. The number of benzene rings is 1. The van der Waals surface area contributed by atoms with Crippen LogP contribution in [0.3, 0.4) is 0 Å². The molecule has 130 valence electrons. The van der Waals surface area contributed by atoms with E-state index in [1.165, 1.54) is 0 Å². The van der Waals surface area contributed by atoms with Gasteiger partial charge in [0.05, 0.1) is 31.1 Å². The first-order valence-corrected chi connectivity index (χ1v) is 8.17. The zero-order valence-electron chi connectivity index (χ0n) is 14.2. The third-order valence-electron chi connectivity index (χ3n) is 4.17. The summed E-state index contributed by atoms with van der Waals surface area (Å²) >= 11 is 0.